The molecule has 1 aromatic rings. The van der Waals surface area contributed by atoms with E-state index in [4.69, 9.17) is 11.6 Å². The van der Waals surface area contributed by atoms with Crippen LogP contribution in [0.2, 0.25) is 5.02 Å². The highest BCUT2D eigenvalue weighted by Gasteiger charge is 2.16. The molecule has 0 saturated carbocycles. The van der Waals surface area contributed by atoms with Gasteiger partial charge in [-0.15, -0.1) is 0 Å². The van der Waals surface area contributed by atoms with Gasteiger partial charge in [-0.25, -0.2) is 0 Å². The van der Waals surface area contributed by atoms with Crippen LogP contribution in [0, 0.1) is 6.92 Å². The third kappa shape index (κ3) is 3.99. The summed E-state index contributed by atoms with van der Waals surface area (Å²) in [5.74, 6) is -0.720. The molecule has 1 rings (SSSR count). The summed E-state index contributed by atoms with van der Waals surface area (Å²) in [6, 6.07) is 5.04. The van der Waals surface area contributed by atoms with Gasteiger partial charge in [0.1, 0.15) is 4.83 Å². The van der Waals surface area contributed by atoms with Gasteiger partial charge < -0.3 is 10.1 Å². The summed E-state index contributed by atoms with van der Waals surface area (Å²) in [6.07, 6.45) is 0. The molecule has 0 aliphatic rings. The van der Waals surface area contributed by atoms with Gasteiger partial charge in [-0.1, -0.05) is 33.6 Å². The number of carbonyl (C=O) groups excluding carboxylic acids is 2. The minimum atomic E-state index is -0.563. The number of methoxy groups -OCH3 is 1. The molecular weight excluding hydrogens is 321 g/mol. The molecule has 1 amide bonds. The SMILES string of the molecule is COC(=O)C(Br)CNC(=O)c1ccc(C)c(Cl)c1. The highest BCUT2D eigenvalue weighted by molar-refractivity contribution is 9.10. The summed E-state index contributed by atoms with van der Waals surface area (Å²) in [5, 5.41) is 3.15. The number of esters is 1. The smallest absolute Gasteiger partial charge is 0.321 e. The molecule has 0 radical (unpaired) electrons. The third-order valence-electron chi connectivity index (χ3n) is 2.33. The molecule has 0 heterocycles. The Kier molecular flexibility index (Phi) is 5.62. The summed E-state index contributed by atoms with van der Waals surface area (Å²) in [7, 11) is 1.29. The molecule has 0 bridgehead atoms. The number of amides is 1. The van der Waals surface area contributed by atoms with E-state index in [1.165, 1.54) is 7.11 Å². The number of hydrogen-bond acceptors (Lipinski definition) is 3. The Balaban J connectivity index is 2.60. The fourth-order valence-corrected chi connectivity index (χ4v) is 1.76. The van der Waals surface area contributed by atoms with Crippen molar-refractivity contribution in [1.29, 1.82) is 0 Å². The lowest BCUT2D eigenvalue weighted by molar-refractivity contribution is -0.139. The first-order valence-electron chi connectivity index (χ1n) is 5.22. The quantitative estimate of drug-likeness (QED) is 0.679. The van der Waals surface area contributed by atoms with E-state index < -0.39 is 10.8 Å². The molecule has 0 spiro atoms. The molecule has 1 aromatic carbocycles. The second kappa shape index (κ2) is 6.75. The average Bonchev–Trinajstić information content (AvgIpc) is 2.37. The predicted molar refractivity (Wildman–Crippen MR) is 73.3 cm³/mol. The van der Waals surface area contributed by atoms with Crippen molar-refractivity contribution in [2.45, 2.75) is 11.8 Å². The molecule has 0 fully saturated rings. The third-order valence-corrected chi connectivity index (χ3v) is 3.44. The average molecular weight is 335 g/mol. The number of alkyl halides is 1. The molecule has 0 saturated heterocycles. The van der Waals surface area contributed by atoms with Gasteiger partial charge >= 0.3 is 5.97 Å². The number of ether oxygens (including phenoxy) is 1. The minimum absolute atomic E-state index is 0.150. The van der Waals surface area contributed by atoms with Crippen LogP contribution in [0.3, 0.4) is 0 Å². The van der Waals surface area contributed by atoms with Crippen molar-refractivity contribution in [1.82, 2.24) is 5.32 Å². The van der Waals surface area contributed by atoms with E-state index in [2.05, 4.69) is 26.0 Å². The number of rotatable bonds is 4. The second-order valence-corrected chi connectivity index (χ2v) is 5.18. The molecule has 0 aromatic heterocycles. The minimum Gasteiger partial charge on any atom is -0.468 e. The zero-order valence-corrected chi connectivity index (χ0v) is 12.3. The first-order chi connectivity index (χ1) is 8.45. The monoisotopic (exact) mass is 333 g/mol. The second-order valence-electron chi connectivity index (χ2n) is 3.66. The molecule has 1 atom stereocenters. The molecular formula is C12H13BrClNO3. The van der Waals surface area contributed by atoms with Crippen molar-refractivity contribution >= 4 is 39.4 Å². The molecule has 1 N–H and O–H groups in total. The van der Waals surface area contributed by atoms with Crippen molar-refractivity contribution in [3.8, 4) is 0 Å². The number of halogens is 2. The first-order valence-corrected chi connectivity index (χ1v) is 6.51. The Morgan fingerprint density at radius 1 is 1.50 bits per heavy atom. The van der Waals surface area contributed by atoms with Crippen molar-refractivity contribution < 1.29 is 14.3 Å². The van der Waals surface area contributed by atoms with Crippen LogP contribution in [0.25, 0.3) is 0 Å². The maximum absolute atomic E-state index is 11.8. The van der Waals surface area contributed by atoms with Crippen LogP contribution >= 0.6 is 27.5 Å². The fraction of sp³-hybridized carbons (Fsp3) is 0.333. The molecule has 1 unspecified atom stereocenters. The maximum atomic E-state index is 11.8. The Hall–Kier alpha value is -1.07. The summed E-state index contributed by atoms with van der Waals surface area (Å²) in [5.41, 5.74) is 1.36. The van der Waals surface area contributed by atoms with Gasteiger partial charge in [0.25, 0.3) is 5.91 Å². The molecule has 18 heavy (non-hydrogen) atoms. The molecule has 98 valence electrons. The van der Waals surface area contributed by atoms with E-state index in [-0.39, 0.29) is 12.5 Å². The van der Waals surface area contributed by atoms with Crippen LogP contribution in [0.4, 0.5) is 0 Å². The summed E-state index contributed by atoms with van der Waals surface area (Å²) >= 11 is 9.05. The topological polar surface area (TPSA) is 55.4 Å². The van der Waals surface area contributed by atoms with Gasteiger partial charge in [0, 0.05) is 17.1 Å². The van der Waals surface area contributed by atoms with Crippen LogP contribution < -0.4 is 5.32 Å². The van der Waals surface area contributed by atoms with Gasteiger partial charge in [0.15, 0.2) is 0 Å². The van der Waals surface area contributed by atoms with Crippen molar-refractivity contribution in [2.24, 2.45) is 0 Å². The Morgan fingerprint density at radius 3 is 2.72 bits per heavy atom. The van der Waals surface area contributed by atoms with Crippen LogP contribution in [0.1, 0.15) is 15.9 Å². The summed E-state index contributed by atoms with van der Waals surface area (Å²) < 4.78 is 4.53. The van der Waals surface area contributed by atoms with Gasteiger partial charge in [-0.05, 0) is 24.6 Å². The van der Waals surface area contributed by atoms with Gasteiger partial charge in [-0.3, -0.25) is 9.59 Å². The van der Waals surface area contributed by atoms with E-state index in [1.807, 2.05) is 6.92 Å². The van der Waals surface area contributed by atoms with Crippen molar-refractivity contribution in [3.05, 3.63) is 34.3 Å². The van der Waals surface area contributed by atoms with Gasteiger partial charge in [0.2, 0.25) is 0 Å². The highest BCUT2D eigenvalue weighted by atomic mass is 79.9. The molecule has 4 nitrogen and oxygen atoms in total. The number of carbonyl (C=O) groups is 2. The Morgan fingerprint density at radius 2 is 2.17 bits per heavy atom. The lowest BCUT2D eigenvalue weighted by atomic mass is 10.1. The Labute approximate surface area is 119 Å². The highest BCUT2D eigenvalue weighted by Crippen LogP contribution is 2.16. The van der Waals surface area contributed by atoms with Gasteiger partial charge in [-0.2, -0.15) is 0 Å². The van der Waals surface area contributed by atoms with Crippen LogP contribution in [0.5, 0.6) is 0 Å². The van der Waals surface area contributed by atoms with E-state index in [0.29, 0.717) is 10.6 Å². The van der Waals surface area contributed by atoms with Crippen molar-refractivity contribution in [3.63, 3.8) is 0 Å². The van der Waals surface area contributed by atoms with Gasteiger partial charge in [0.05, 0.1) is 7.11 Å². The first kappa shape index (κ1) is 15.0. The number of nitrogens with one attached hydrogen (secondary N) is 1. The standard InChI is InChI=1S/C12H13BrClNO3/c1-7-3-4-8(5-10(7)14)11(16)15-6-9(13)12(17)18-2/h3-5,9H,6H2,1-2H3,(H,15,16). The summed E-state index contributed by atoms with van der Waals surface area (Å²) in [6.45, 7) is 2.01. The molecule has 0 aliphatic heterocycles. The lowest BCUT2D eigenvalue weighted by Gasteiger charge is -2.09. The maximum Gasteiger partial charge on any atom is 0.321 e. The largest absolute Gasteiger partial charge is 0.468 e. The number of hydrogen-bond donors (Lipinski definition) is 1. The zero-order chi connectivity index (χ0) is 13.7. The number of benzene rings is 1. The van der Waals surface area contributed by atoms with E-state index in [9.17, 15) is 9.59 Å². The van der Waals surface area contributed by atoms with Crippen LogP contribution in [0.15, 0.2) is 18.2 Å². The summed E-state index contributed by atoms with van der Waals surface area (Å²) in [4.78, 5) is 22.3. The Bertz CT molecular complexity index is 465. The lowest BCUT2D eigenvalue weighted by Crippen LogP contribution is -2.33. The van der Waals surface area contributed by atoms with E-state index >= 15 is 0 Å². The van der Waals surface area contributed by atoms with E-state index in [0.717, 1.165) is 5.56 Å². The van der Waals surface area contributed by atoms with Crippen molar-refractivity contribution in [2.75, 3.05) is 13.7 Å². The fourth-order valence-electron chi connectivity index (χ4n) is 1.23. The van der Waals surface area contributed by atoms with E-state index in [1.54, 1.807) is 18.2 Å². The van der Waals surface area contributed by atoms with Crippen LogP contribution in [-0.4, -0.2) is 30.4 Å². The molecule has 6 heteroatoms. The predicted octanol–water partition coefficient (Wildman–Crippen LogP) is 2.31. The normalized spacial score (nSPS) is 11.8. The van der Waals surface area contributed by atoms with Crippen LogP contribution in [-0.2, 0) is 9.53 Å². The molecule has 0 aliphatic carbocycles. The number of aryl methyl sites for hydroxylation is 1. The zero-order valence-electron chi connectivity index (χ0n) is 10.00.